The Hall–Kier alpha value is -2.39. The van der Waals surface area contributed by atoms with Gasteiger partial charge >= 0.3 is 0 Å². The molecule has 2 aromatic carbocycles. The molecule has 0 bridgehead atoms. The number of carbonyl (C=O) groups excluding carboxylic acids is 1. The molecule has 1 aliphatic rings. The molecule has 1 atom stereocenters. The number of nitrogens with zero attached hydrogens (tertiary/aromatic N) is 1. The summed E-state index contributed by atoms with van der Waals surface area (Å²) < 4.78 is 33.4. The lowest BCUT2D eigenvalue weighted by atomic mass is 10.2. The minimum atomic E-state index is -3.74. The largest absolute Gasteiger partial charge is 0.457 e. The van der Waals surface area contributed by atoms with Gasteiger partial charge in [0.05, 0.1) is 4.34 Å². The van der Waals surface area contributed by atoms with Crippen LogP contribution in [0.5, 0.6) is 11.5 Å². The van der Waals surface area contributed by atoms with Crippen molar-refractivity contribution in [3.05, 3.63) is 76.6 Å². The lowest BCUT2D eigenvalue weighted by Crippen LogP contribution is -2.45. The number of sulfonamides is 1. The van der Waals surface area contributed by atoms with E-state index in [4.69, 9.17) is 16.3 Å². The van der Waals surface area contributed by atoms with Gasteiger partial charge < -0.3 is 10.1 Å². The molecule has 0 aliphatic carbocycles. The minimum absolute atomic E-state index is 0.159. The van der Waals surface area contributed by atoms with E-state index >= 15 is 0 Å². The predicted octanol–water partition coefficient (Wildman–Crippen LogP) is 4.66. The summed E-state index contributed by atoms with van der Waals surface area (Å²) in [5.41, 5.74) is 0.895. The maximum absolute atomic E-state index is 12.9. The van der Waals surface area contributed by atoms with E-state index in [1.54, 1.807) is 6.07 Å². The Kier molecular flexibility index (Phi) is 6.62. The highest BCUT2D eigenvalue weighted by Crippen LogP contribution is 2.32. The van der Waals surface area contributed by atoms with E-state index in [0.717, 1.165) is 22.6 Å². The molecule has 1 aromatic heterocycles. The third kappa shape index (κ3) is 5.10. The van der Waals surface area contributed by atoms with Crippen LogP contribution < -0.4 is 10.1 Å². The van der Waals surface area contributed by atoms with Crippen LogP contribution >= 0.6 is 22.9 Å². The van der Waals surface area contributed by atoms with Crippen LogP contribution in [0.25, 0.3) is 0 Å². The number of benzene rings is 2. The van der Waals surface area contributed by atoms with Crippen LogP contribution in [-0.2, 0) is 21.4 Å². The number of nitrogens with one attached hydrogen (secondary N) is 1. The van der Waals surface area contributed by atoms with Crippen molar-refractivity contribution in [2.75, 3.05) is 6.54 Å². The van der Waals surface area contributed by atoms with Crippen LogP contribution in [0.3, 0.4) is 0 Å². The first kappa shape index (κ1) is 21.8. The summed E-state index contributed by atoms with van der Waals surface area (Å²) in [6.07, 6.45) is 1.13. The van der Waals surface area contributed by atoms with E-state index < -0.39 is 16.1 Å². The molecular weight excluding hydrogens is 456 g/mol. The lowest BCUT2D eigenvalue weighted by molar-refractivity contribution is -0.124. The molecule has 1 amide bonds. The Balaban J connectivity index is 1.37. The average molecular weight is 477 g/mol. The molecule has 6 nitrogen and oxygen atoms in total. The zero-order valence-electron chi connectivity index (χ0n) is 16.5. The molecule has 0 radical (unpaired) electrons. The van der Waals surface area contributed by atoms with Crippen molar-refractivity contribution in [1.29, 1.82) is 0 Å². The number of hydrogen-bond acceptors (Lipinski definition) is 5. The Labute approximate surface area is 190 Å². The van der Waals surface area contributed by atoms with Gasteiger partial charge in [-0.25, -0.2) is 8.42 Å². The Morgan fingerprint density at radius 2 is 1.77 bits per heavy atom. The van der Waals surface area contributed by atoms with Gasteiger partial charge in [-0.2, -0.15) is 4.31 Å². The zero-order chi connectivity index (χ0) is 21.8. The minimum Gasteiger partial charge on any atom is -0.457 e. The maximum atomic E-state index is 12.9. The molecule has 1 N–H and O–H groups in total. The predicted molar refractivity (Wildman–Crippen MR) is 121 cm³/mol. The third-order valence-electron chi connectivity index (χ3n) is 4.99. The number of thiophene rings is 1. The van der Waals surface area contributed by atoms with Crippen LogP contribution in [0.4, 0.5) is 0 Å². The topological polar surface area (TPSA) is 75.7 Å². The van der Waals surface area contributed by atoms with Crippen molar-refractivity contribution in [2.45, 2.75) is 29.6 Å². The van der Waals surface area contributed by atoms with Gasteiger partial charge in [0.25, 0.3) is 10.0 Å². The first-order chi connectivity index (χ1) is 14.9. The fraction of sp³-hybridized carbons (Fsp3) is 0.227. The maximum Gasteiger partial charge on any atom is 0.253 e. The second kappa shape index (κ2) is 9.40. The molecule has 162 valence electrons. The molecular formula is C22H21ClN2O4S2. The second-order valence-corrected chi connectivity index (χ2v) is 10.9. The summed E-state index contributed by atoms with van der Waals surface area (Å²) in [4.78, 5) is 12.8. The number of ether oxygens (including phenoxy) is 1. The second-order valence-electron chi connectivity index (χ2n) is 7.11. The fourth-order valence-corrected chi connectivity index (χ4v) is 6.72. The first-order valence-corrected chi connectivity index (χ1v) is 12.4. The number of amides is 1. The number of hydrogen-bond donors (Lipinski definition) is 1. The van der Waals surface area contributed by atoms with E-state index in [1.165, 1.54) is 10.4 Å². The SMILES string of the molecule is O=C(NCc1ccc(Oc2ccccc2)cc1)C1CCCN1S(=O)(=O)c1ccc(Cl)s1. The van der Waals surface area contributed by atoms with E-state index in [-0.39, 0.29) is 10.1 Å². The number of carbonyl (C=O) groups is 1. The molecule has 0 saturated carbocycles. The van der Waals surface area contributed by atoms with Gasteiger partial charge in [-0.05, 0) is 54.8 Å². The molecule has 31 heavy (non-hydrogen) atoms. The monoisotopic (exact) mass is 476 g/mol. The molecule has 1 unspecified atom stereocenters. The first-order valence-electron chi connectivity index (χ1n) is 9.80. The quantitative estimate of drug-likeness (QED) is 0.538. The van der Waals surface area contributed by atoms with Gasteiger partial charge in [-0.1, -0.05) is 41.9 Å². The summed E-state index contributed by atoms with van der Waals surface area (Å²) in [6.45, 7) is 0.626. The molecule has 3 aromatic rings. The van der Waals surface area contributed by atoms with Gasteiger partial charge in [0.15, 0.2) is 0 Å². The normalized spacial score (nSPS) is 16.9. The van der Waals surface area contributed by atoms with E-state index in [9.17, 15) is 13.2 Å². The van der Waals surface area contributed by atoms with Gasteiger partial charge in [0, 0.05) is 13.1 Å². The highest BCUT2D eigenvalue weighted by molar-refractivity contribution is 7.91. The van der Waals surface area contributed by atoms with Crippen molar-refractivity contribution >= 4 is 38.9 Å². The molecule has 4 rings (SSSR count). The lowest BCUT2D eigenvalue weighted by Gasteiger charge is -2.22. The number of para-hydroxylation sites is 1. The average Bonchev–Trinajstić information content (AvgIpc) is 3.44. The van der Waals surface area contributed by atoms with E-state index in [2.05, 4.69) is 5.32 Å². The van der Waals surface area contributed by atoms with Crippen molar-refractivity contribution < 1.29 is 17.9 Å². The Morgan fingerprint density at radius 3 is 2.45 bits per heavy atom. The van der Waals surface area contributed by atoms with Gasteiger partial charge in [0.2, 0.25) is 5.91 Å². The van der Waals surface area contributed by atoms with Crippen LogP contribution in [0.1, 0.15) is 18.4 Å². The fourth-order valence-electron chi connectivity index (χ4n) is 3.45. The summed E-state index contributed by atoms with van der Waals surface area (Å²) in [5, 5.41) is 2.86. The van der Waals surface area contributed by atoms with Gasteiger partial charge in [0.1, 0.15) is 21.8 Å². The standard InChI is InChI=1S/C22H21ClN2O4S2/c23-20-12-13-21(30-20)31(27,28)25-14-4-7-19(25)22(26)24-15-16-8-10-18(11-9-16)29-17-5-2-1-3-6-17/h1-3,5-6,8-13,19H,4,7,14-15H2,(H,24,26). The summed E-state index contributed by atoms with van der Waals surface area (Å²) in [7, 11) is -3.74. The smallest absolute Gasteiger partial charge is 0.253 e. The Morgan fingerprint density at radius 1 is 1.06 bits per heavy atom. The number of rotatable bonds is 7. The highest BCUT2D eigenvalue weighted by atomic mass is 35.5. The van der Waals surface area contributed by atoms with Crippen LogP contribution in [0, 0.1) is 0 Å². The van der Waals surface area contributed by atoms with E-state index in [1.807, 2.05) is 54.6 Å². The van der Waals surface area contributed by atoms with Crippen molar-refractivity contribution in [3.8, 4) is 11.5 Å². The van der Waals surface area contributed by atoms with E-state index in [0.29, 0.717) is 36.0 Å². The molecule has 2 heterocycles. The molecule has 1 aliphatic heterocycles. The summed E-state index contributed by atoms with van der Waals surface area (Å²) in [6, 6.07) is 19.2. The molecule has 1 saturated heterocycles. The van der Waals surface area contributed by atoms with Crippen molar-refractivity contribution in [3.63, 3.8) is 0 Å². The summed E-state index contributed by atoms with van der Waals surface area (Å²) >= 11 is 6.89. The molecule has 9 heteroatoms. The molecule has 0 spiro atoms. The van der Waals surface area contributed by atoms with Crippen LogP contribution in [-0.4, -0.2) is 31.2 Å². The van der Waals surface area contributed by atoms with Crippen molar-refractivity contribution in [1.82, 2.24) is 9.62 Å². The van der Waals surface area contributed by atoms with Crippen LogP contribution in [0.2, 0.25) is 4.34 Å². The van der Waals surface area contributed by atoms with Gasteiger partial charge in [-0.15, -0.1) is 11.3 Å². The summed E-state index contributed by atoms with van der Waals surface area (Å²) in [5.74, 6) is 1.15. The number of halogens is 1. The van der Waals surface area contributed by atoms with Crippen LogP contribution in [0.15, 0.2) is 70.9 Å². The molecule has 1 fully saturated rings. The third-order valence-corrected chi connectivity index (χ3v) is 8.59. The van der Waals surface area contributed by atoms with Gasteiger partial charge in [-0.3, -0.25) is 4.79 Å². The van der Waals surface area contributed by atoms with Crippen molar-refractivity contribution in [2.24, 2.45) is 0 Å². The Bertz CT molecular complexity index is 1150. The zero-order valence-corrected chi connectivity index (χ0v) is 18.9. The highest BCUT2D eigenvalue weighted by Gasteiger charge is 2.39.